The molecular weight excluding hydrogens is 248 g/mol. The average Bonchev–Trinajstić information content (AvgIpc) is 2.40. The lowest BCUT2D eigenvalue weighted by Crippen LogP contribution is -2.24. The molecule has 18 heavy (non-hydrogen) atoms. The van der Waals surface area contributed by atoms with Gasteiger partial charge in [0.05, 0.1) is 13.2 Å². The summed E-state index contributed by atoms with van der Waals surface area (Å²) in [6, 6.07) is 5.64. The minimum absolute atomic E-state index is 0.220. The lowest BCUT2D eigenvalue weighted by Gasteiger charge is -2.25. The molecule has 0 saturated carbocycles. The molecule has 1 aromatic carbocycles. The van der Waals surface area contributed by atoms with E-state index in [-0.39, 0.29) is 6.10 Å². The normalized spacial score (nSPS) is 21.4. The Hall–Kier alpha value is -0.870. The van der Waals surface area contributed by atoms with E-state index in [0.717, 1.165) is 17.7 Å². The topological polar surface area (TPSA) is 38.7 Å². The summed E-state index contributed by atoms with van der Waals surface area (Å²) in [5.74, 6) is 3.62. The zero-order valence-corrected chi connectivity index (χ0v) is 11.7. The van der Waals surface area contributed by atoms with Gasteiger partial charge in [0.1, 0.15) is 6.10 Å². The van der Waals surface area contributed by atoms with Gasteiger partial charge in [-0.15, -0.1) is 0 Å². The SMILES string of the molecule is COc1cccc(C(C)O)c1OC1CCCSC1. The van der Waals surface area contributed by atoms with Crippen molar-refractivity contribution in [3.8, 4) is 11.5 Å². The van der Waals surface area contributed by atoms with Gasteiger partial charge in [0.2, 0.25) is 0 Å². The van der Waals surface area contributed by atoms with E-state index in [1.165, 1.54) is 12.2 Å². The first-order chi connectivity index (χ1) is 8.72. The fourth-order valence-electron chi connectivity index (χ4n) is 2.12. The molecule has 1 N–H and O–H groups in total. The Balaban J connectivity index is 2.22. The van der Waals surface area contributed by atoms with Gasteiger partial charge in [0, 0.05) is 11.3 Å². The van der Waals surface area contributed by atoms with E-state index in [2.05, 4.69) is 0 Å². The zero-order valence-electron chi connectivity index (χ0n) is 10.9. The van der Waals surface area contributed by atoms with E-state index in [4.69, 9.17) is 9.47 Å². The van der Waals surface area contributed by atoms with Crippen LogP contribution < -0.4 is 9.47 Å². The lowest BCUT2D eigenvalue weighted by molar-refractivity contribution is 0.170. The molecule has 2 rings (SSSR count). The van der Waals surface area contributed by atoms with Crippen molar-refractivity contribution >= 4 is 11.8 Å². The van der Waals surface area contributed by atoms with Crippen molar-refractivity contribution in [2.24, 2.45) is 0 Å². The second-order valence-corrected chi connectivity index (χ2v) is 5.66. The summed E-state index contributed by atoms with van der Waals surface area (Å²) in [4.78, 5) is 0. The maximum Gasteiger partial charge on any atom is 0.167 e. The molecule has 3 nitrogen and oxygen atoms in total. The standard InChI is InChI=1S/C14H20O3S/c1-10(15)12-6-3-7-13(16-2)14(12)17-11-5-4-8-18-9-11/h3,6-7,10-11,15H,4-5,8-9H2,1-2H3. The van der Waals surface area contributed by atoms with Crippen LogP contribution in [0.5, 0.6) is 11.5 Å². The van der Waals surface area contributed by atoms with Crippen LogP contribution in [0.25, 0.3) is 0 Å². The second-order valence-electron chi connectivity index (χ2n) is 4.51. The van der Waals surface area contributed by atoms with Crippen LogP contribution in [-0.4, -0.2) is 29.8 Å². The number of para-hydroxylation sites is 1. The van der Waals surface area contributed by atoms with Crippen molar-refractivity contribution in [3.05, 3.63) is 23.8 Å². The quantitative estimate of drug-likeness (QED) is 0.911. The third kappa shape index (κ3) is 3.12. The average molecular weight is 268 g/mol. The first-order valence-corrected chi connectivity index (χ1v) is 7.47. The van der Waals surface area contributed by atoms with Crippen molar-refractivity contribution in [2.75, 3.05) is 18.6 Å². The van der Waals surface area contributed by atoms with E-state index in [0.29, 0.717) is 11.5 Å². The highest BCUT2D eigenvalue weighted by atomic mass is 32.2. The van der Waals surface area contributed by atoms with Crippen LogP contribution in [0.2, 0.25) is 0 Å². The number of aliphatic hydroxyl groups excluding tert-OH is 1. The number of aliphatic hydroxyl groups is 1. The summed E-state index contributed by atoms with van der Waals surface area (Å²) in [5.41, 5.74) is 0.796. The molecule has 100 valence electrons. The Morgan fingerprint density at radius 3 is 2.89 bits per heavy atom. The minimum Gasteiger partial charge on any atom is -0.493 e. The molecule has 1 fully saturated rings. The van der Waals surface area contributed by atoms with Gasteiger partial charge in [0.15, 0.2) is 11.5 Å². The maximum absolute atomic E-state index is 9.81. The predicted octanol–water partition coefficient (Wildman–Crippen LogP) is 3.02. The van der Waals surface area contributed by atoms with Crippen molar-refractivity contribution < 1.29 is 14.6 Å². The van der Waals surface area contributed by atoms with Gasteiger partial charge in [-0.25, -0.2) is 0 Å². The maximum atomic E-state index is 9.81. The summed E-state index contributed by atoms with van der Waals surface area (Å²) in [5, 5.41) is 9.81. The van der Waals surface area contributed by atoms with Crippen molar-refractivity contribution in [2.45, 2.75) is 32.0 Å². The summed E-state index contributed by atoms with van der Waals surface area (Å²) >= 11 is 1.92. The fraction of sp³-hybridized carbons (Fsp3) is 0.571. The molecule has 1 aliphatic heterocycles. The Morgan fingerprint density at radius 2 is 2.28 bits per heavy atom. The number of rotatable bonds is 4. The summed E-state index contributed by atoms with van der Waals surface area (Å²) < 4.78 is 11.4. The first kappa shape index (κ1) is 13.6. The van der Waals surface area contributed by atoms with Gasteiger partial charge >= 0.3 is 0 Å². The molecule has 2 unspecified atom stereocenters. The van der Waals surface area contributed by atoms with Crippen LogP contribution in [-0.2, 0) is 0 Å². The highest BCUT2D eigenvalue weighted by molar-refractivity contribution is 7.99. The van der Waals surface area contributed by atoms with Crippen LogP contribution in [0.3, 0.4) is 0 Å². The van der Waals surface area contributed by atoms with Gasteiger partial charge < -0.3 is 14.6 Å². The minimum atomic E-state index is -0.550. The molecule has 0 aliphatic carbocycles. The van der Waals surface area contributed by atoms with E-state index in [1.807, 2.05) is 30.0 Å². The van der Waals surface area contributed by atoms with Crippen LogP contribution in [0.1, 0.15) is 31.4 Å². The van der Waals surface area contributed by atoms with Crippen LogP contribution in [0.15, 0.2) is 18.2 Å². The molecule has 1 aliphatic rings. The highest BCUT2D eigenvalue weighted by Crippen LogP contribution is 2.36. The molecular formula is C14H20O3S. The molecule has 1 aromatic rings. The molecule has 0 amide bonds. The number of hydrogen-bond donors (Lipinski definition) is 1. The number of methoxy groups -OCH3 is 1. The number of benzene rings is 1. The summed E-state index contributed by atoms with van der Waals surface area (Å²) in [6.07, 6.45) is 1.93. The Bertz CT molecular complexity index is 387. The van der Waals surface area contributed by atoms with Crippen LogP contribution in [0.4, 0.5) is 0 Å². The van der Waals surface area contributed by atoms with E-state index in [9.17, 15) is 5.11 Å². The lowest BCUT2D eigenvalue weighted by atomic mass is 10.1. The fourth-order valence-corrected chi connectivity index (χ4v) is 3.15. The van der Waals surface area contributed by atoms with Crippen molar-refractivity contribution in [1.82, 2.24) is 0 Å². The summed E-state index contributed by atoms with van der Waals surface area (Å²) in [7, 11) is 1.63. The molecule has 0 radical (unpaired) electrons. The first-order valence-electron chi connectivity index (χ1n) is 6.31. The molecule has 0 aromatic heterocycles. The Kier molecular flexibility index (Phi) is 4.78. The molecule has 0 bridgehead atoms. The smallest absolute Gasteiger partial charge is 0.167 e. The molecule has 4 heteroatoms. The predicted molar refractivity (Wildman–Crippen MR) is 74.6 cm³/mol. The summed E-state index contributed by atoms with van der Waals surface area (Å²) in [6.45, 7) is 1.75. The highest BCUT2D eigenvalue weighted by Gasteiger charge is 2.21. The van der Waals surface area contributed by atoms with E-state index >= 15 is 0 Å². The largest absolute Gasteiger partial charge is 0.493 e. The molecule has 1 saturated heterocycles. The number of ether oxygens (including phenoxy) is 2. The van der Waals surface area contributed by atoms with Crippen molar-refractivity contribution in [1.29, 1.82) is 0 Å². The van der Waals surface area contributed by atoms with Crippen LogP contribution >= 0.6 is 11.8 Å². The molecule has 2 atom stereocenters. The Morgan fingerprint density at radius 1 is 1.44 bits per heavy atom. The van der Waals surface area contributed by atoms with Gasteiger partial charge in [0.25, 0.3) is 0 Å². The monoisotopic (exact) mass is 268 g/mol. The van der Waals surface area contributed by atoms with Crippen molar-refractivity contribution in [3.63, 3.8) is 0 Å². The number of hydrogen-bond acceptors (Lipinski definition) is 4. The Labute approximate surface area is 112 Å². The second kappa shape index (κ2) is 6.34. The van der Waals surface area contributed by atoms with Gasteiger partial charge in [-0.2, -0.15) is 11.8 Å². The molecule has 1 heterocycles. The third-order valence-corrected chi connectivity index (χ3v) is 4.27. The van der Waals surface area contributed by atoms with Gasteiger partial charge in [-0.05, 0) is 31.6 Å². The molecule has 0 spiro atoms. The zero-order chi connectivity index (χ0) is 13.0. The number of thioether (sulfide) groups is 1. The van der Waals surface area contributed by atoms with E-state index in [1.54, 1.807) is 14.0 Å². The van der Waals surface area contributed by atoms with Gasteiger partial charge in [-0.3, -0.25) is 0 Å². The van der Waals surface area contributed by atoms with Crippen LogP contribution in [0, 0.1) is 0 Å². The van der Waals surface area contributed by atoms with E-state index < -0.39 is 6.10 Å². The van der Waals surface area contributed by atoms with Gasteiger partial charge in [-0.1, -0.05) is 12.1 Å². The third-order valence-electron chi connectivity index (χ3n) is 3.08.